The van der Waals surface area contributed by atoms with Gasteiger partial charge in [-0.15, -0.1) is 5.10 Å². The van der Waals surface area contributed by atoms with Crippen molar-refractivity contribution in [3.05, 3.63) is 89.1 Å². The van der Waals surface area contributed by atoms with Crippen LogP contribution in [-0.2, 0) is 0 Å². The summed E-state index contributed by atoms with van der Waals surface area (Å²) in [4.78, 5) is 0. The van der Waals surface area contributed by atoms with E-state index in [1.54, 1.807) is 6.07 Å². The van der Waals surface area contributed by atoms with Crippen molar-refractivity contribution in [2.45, 2.75) is 6.04 Å². The Hall–Kier alpha value is -2.39. The van der Waals surface area contributed by atoms with Gasteiger partial charge in [-0.1, -0.05) is 72.3 Å². The van der Waals surface area contributed by atoms with Crippen LogP contribution in [0.3, 0.4) is 0 Å². The third-order valence-corrected chi connectivity index (χ3v) is 3.39. The van der Waals surface area contributed by atoms with Gasteiger partial charge in [0.05, 0.1) is 17.3 Å². The number of rotatable bonds is 4. The highest BCUT2D eigenvalue weighted by atomic mass is 35.5. The molecule has 3 aromatic rings. The Morgan fingerprint density at radius 1 is 0.857 bits per heavy atom. The first-order valence-electron chi connectivity index (χ1n) is 6.67. The summed E-state index contributed by atoms with van der Waals surface area (Å²) < 4.78 is 0. The second-order valence-electron chi connectivity index (χ2n) is 4.66. The molecule has 3 rings (SSSR count). The smallest absolute Gasteiger partial charge is 0.150 e. The Balaban J connectivity index is 1.97. The third-order valence-electron chi connectivity index (χ3n) is 3.18. The number of hydrogen-bond donors (Lipinski definition) is 1. The molecule has 0 radical (unpaired) electrons. The van der Waals surface area contributed by atoms with Gasteiger partial charge in [0, 0.05) is 6.07 Å². The fourth-order valence-electron chi connectivity index (χ4n) is 2.21. The van der Waals surface area contributed by atoms with Gasteiger partial charge in [-0.2, -0.15) is 5.10 Å². The van der Waals surface area contributed by atoms with Gasteiger partial charge in [-0.05, 0) is 11.1 Å². The van der Waals surface area contributed by atoms with Crippen LogP contribution in [0.2, 0.25) is 5.02 Å². The number of anilines is 1. The van der Waals surface area contributed by atoms with Crippen LogP contribution in [-0.4, -0.2) is 10.2 Å². The third kappa shape index (κ3) is 3.38. The summed E-state index contributed by atoms with van der Waals surface area (Å²) in [6.07, 6.45) is 1.52. The van der Waals surface area contributed by atoms with Crippen LogP contribution in [0.4, 0.5) is 5.82 Å². The zero-order valence-electron chi connectivity index (χ0n) is 11.3. The van der Waals surface area contributed by atoms with Crippen LogP contribution in [0, 0.1) is 0 Å². The molecule has 0 aliphatic heterocycles. The van der Waals surface area contributed by atoms with E-state index in [1.165, 1.54) is 6.20 Å². The lowest BCUT2D eigenvalue weighted by molar-refractivity contribution is 0.904. The molecule has 0 amide bonds. The molecule has 0 spiro atoms. The number of aromatic nitrogens is 2. The van der Waals surface area contributed by atoms with Gasteiger partial charge in [-0.3, -0.25) is 0 Å². The summed E-state index contributed by atoms with van der Waals surface area (Å²) in [7, 11) is 0. The first-order valence-corrected chi connectivity index (χ1v) is 7.05. The highest BCUT2D eigenvalue weighted by Gasteiger charge is 2.14. The number of hydrogen-bond acceptors (Lipinski definition) is 3. The largest absolute Gasteiger partial charge is 0.358 e. The van der Waals surface area contributed by atoms with E-state index in [-0.39, 0.29) is 6.04 Å². The lowest BCUT2D eigenvalue weighted by atomic mass is 9.99. The Kier molecular flexibility index (Phi) is 4.12. The Bertz CT molecular complexity index is 662. The minimum Gasteiger partial charge on any atom is -0.358 e. The molecule has 104 valence electrons. The minimum absolute atomic E-state index is 0.000154. The van der Waals surface area contributed by atoms with E-state index >= 15 is 0 Å². The molecule has 0 bridgehead atoms. The van der Waals surface area contributed by atoms with Gasteiger partial charge >= 0.3 is 0 Å². The molecule has 1 heterocycles. The van der Waals surface area contributed by atoms with Gasteiger partial charge in [0.25, 0.3) is 0 Å². The zero-order chi connectivity index (χ0) is 14.5. The molecule has 0 aliphatic carbocycles. The van der Waals surface area contributed by atoms with Crippen LogP contribution in [0.5, 0.6) is 0 Å². The average Bonchev–Trinajstić information content (AvgIpc) is 2.54. The lowest BCUT2D eigenvalue weighted by Crippen LogP contribution is -2.13. The highest BCUT2D eigenvalue weighted by molar-refractivity contribution is 6.30. The van der Waals surface area contributed by atoms with Crippen molar-refractivity contribution in [1.82, 2.24) is 10.2 Å². The summed E-state index contributed by atoms with van der Waals surface area (Å²) in [6, 6.07) is 22.2. The van der Waals surface area contributed by atoms with Gasteiger partial charge < -0.3 is 5.32 Å². The van der Waals surface area contributed by atoms with Gasteiger partial charge in [0.1, 0.15) is 0 Å². The molecule has 0 aliphatic rings. The average molecular weight is 296 g/mol. The number of halogens is 1. The molecule has 1 aromatic heterocycles. The molecular formula is C17H14ClN3. The van der Waals surface area contributed by atoms with Crippen LogP contribution in [0.25, 0.3) is 0 Å². The van der Waals surface area contributed by atoms with Crippen molar-refractivity contribution in [3.8, 4) is 0 Å². The summed E-state index contributed by atoms with van der Waals surface area (Å²) >= 11 is 5.98. The Morgan fingerprint density at radius 3 is 1.95 bits per heavy atom. The molecule has 0 saturated heterocycles. The van der Waals surface area contributed by atoms with Crippen molar-refractivity contribution in [1.29, 1.82) is 0 Å². The second kappa shape index (κ2) is 6.37. The molecule has 0 atom stereocenters. The van der Waals surface area contributed by atoms with Crippen molar-refractivity contribution in [2.24, 2.45) is 0 Å². The van der Waals surface area contributed by atoms with E-state index in [9.17, 15) is 0 Å². The molecular weight excluding hydrogens is 282 g/mol. The maximum absolute atomic E-state index is 5.98. The normalized spacial score (nSPS) is 10.6. The fraction of sp³-hybridized carbons (Fsp3) is 0.0588. The molecule has 0 fully saturated rings. The Morgan fingerprint density at radius 2 is 1.43 bits per heavy atom. The summed E-state index contributed by atoms with van der Waals surface area (Å²) in [6.45, 7) is 0. The van der Waals surface area contributed by atoms with Crippen LogP contribution >= 0.6 is 11.6 Å². The van der Waals surface area contributed by atoms with E-state index < -0.39 is 0 Å². The number of benzene rings is 2. The number of nitrogens with zero attached hydrogens (tertiary/aromatic N) is 2. The molecule has 0 unspecified atom stereocenters. The molecule has 4 heteroatoms. The van der Waals surface area contributed by atoms with Crippen molar-refractivity contribution < 1.29 is 0 Å². The van der Waals surface area contributed by atoms with E-state index in [1.807, 2.05) is 36.4 Å². The van der Waals surface area contributed by atoms with Crippen molar-refractivity contribution in [2.75, 3.05) is 5.32 Å². The summed E-state index contributed by atoms with van der Waals surface area (Å²) in [5.74, 6) is 0.653. The standard InChI is InChI=1S/C17H14ClN3/c18-15-11-16(21-19-12-15)20-17(13-7-3-1-4-8-13)14-9-5-2-6-10-14/h1-12,17H,(H,20,21). The molecule has 1 N–H and O–H groups in total. The Labute approximate surface area is 128 Å². The minimum atomic E-state index is 0.000154. The van der Waals surface area contributed by atoms with Crippen LogP contribution < -0.4 is 5.32 Å². The van der Waals surface area contributed by atoms with Crippen LogP contribution in [0.1, 0.15) is 17.2 Å². The zero-order valence-corrected chi connectivity index (χ0v) is 12.0. The summed E-state index contributed by atoms with van der Waals surface area (Å²) in [5.41, 5.74) is 2.32. The monoisotopic (exact) mass is 295 g/mol. The maximum Gasteiger partial charge on any atom is 0.150 e. The van der Waals surface area contributed by atoms with E-state index in [2.05, 4.69) is 39.8 Å². The molecule has 21 heavy (non-hydrogen) atoms. The second-order valence-corrected chi connectivity index (χ2v) is 5.09. The van der Waals surface area contributed by atoms with Gasteiger partial charge in [-0.25, -0.2) is 0 Å². The van der Waals surface area contributed by atoms with Crippen molar-refractivity contribution in [3.63, 3.8) is 0 Å². The summed E-state index contributed by atoms with van der Waals surface area (Å²) in [5, 5.41) is 11.9. The van der Waals surface area contributed by atoms with E-state index in [0.29, 0.717) is 10.8 Å². The molecule has 0 saturated carbocycles. The van der Waals surface area contributed by atoms with Gasteiger partial charge in [0.15, 0.2) is 5.82 Å². The topological polar surface area (TPSA) is 37.8 Å². The number of nitrogens with one attached hydrogen (secondary N) is 1. The maximum atomic E-state index is 5.98. The predicted molar refractivity (Wildman–Crippen MR) is 85.4 cm³/mol. The highest BCUT2D eigenvalue weighted by Crippen LogP contribution is 2.26. The first-order chi connectivity index (χ1) is 10.3. The first kappa shape index (κ1) is 13.6. The fourth-order valence-corrected chi connectivity index (χ4v) is 2.36. The predicted octanol–water partition coefficient (Wildman–Crippen LogP) is 4.33. The van der Waals surface area contributed by atoms with Crippen LogP contribution in [0.15, 0.2) is 72.9 Å². The lowest BCUT2D eigenvalue weighted by Gasteiger charge is -2.20. The van der Waals surface area contributed by atoms with Crippen molar-refractivity contribution >= 4 is 17.4 Å². The molecule has 3 nitrogen and oxygen atoms in total. The quantitative estimate of drug-likeness (QED) is 0.778. The molecule has 2 aromatic carbocycles. The SMILES string of the molecule is Clc1cnnc(NC(c2ccccc2)c2ccccc2)c1. The van der Waals surface area contributed by atoms with E-state index in [4.69, 9.17) is 11.6 Å². The van der Waals surface area contributed by atoms with Gasteiger partial charge in [0.2, 0.25) is 0 Å². The van der Waals surface area contributed by atoms with E-state index in [0.717, 1.165) is 11.1 Å².